The summed E-state index contributed by atoms with van der Waals surface area (Å²) in [6.45, 7) is 0. The Labute approximate surface area is 102 Å². The summed E-state index contributed by atoms with van der Waals surface area (Å²) in [5.74, 6) is 1.47. The fourth-order valence-electron chi connectivity index (χ4n) is 2.43. The lowest BCUT2D eigenvalue weighted by atomic mass is 9.91. The first-order valence-electron chi connectivity index (χ1n) is 6.14. The average molecular weight is 236 g/mol. The largest absolute Gasteiger partial charge is 0.481 e. The van der Waals surface area contributed by atoms with Crippen LogP contribution >= 0.6 is 0 Å². The summed E-state index contributed by atoms with van der Waals surface area (Å²) < 4.78 is 5.12. The summed E-state index contributed by atoms with van der Waals surface area (Å²) in [7, 11) is 3.60. The molecule has 1 aromatic heterocycles. The van der Waals surface area contributed by atoms with Crippen LogP contribution in [0.3, 0.4) is 0 Å². The van der Waals surface area contributed by atoms with E-state index in [2.05, 4.69) is 9.88 Å². The molecule has 4 nitrogen and oxygen atoms in total. The SMILES string of the molecule is COc1cccc(N(C)C2CCCCC2O)n1. The molecular weight excluding hydrogens is 216 g/mol. The van der Waals surface area contributed by atoms with E-state index in [9.17, 15) is 5.11 Å². The number of methoxy groups -OCH3 is 1. The lowest BCUT2D eigenvalue weighted by Gasteiger charge is -2.35. The molecule has 94 valence electrons. The first-order chi connectivity index (χ1) is 8.22. The lowest BCUT2D eigenvalue weighted by molar-refractivity contribution is 0.106. The molecule has 1 heterocycles. The summed E-state index contributed by atoms with van der Waals surface area (Å²) in [4.78, 5) is 6.46. The number of aliphatic hydroxyl groups is 1. The minimum atomic E-state index is -0.248. The third-order valence-electron chi connectivity index (χ3n) is 3.47. The van der Waals surface area contributed by atoms with Gasteiger partial charge in [-0.05, 0) is 18.9 Å². The average Bonchev–Trinajstić information content (AvgIpc) is 2.38. The summed E-state index contributed by atoms with van der Waals surface area (Å²) in [5, 5.41) is 10.0. The predicted octanol–water partition coefficient (Wildman–Crippen LogP) is 1.83. The second-order valence-corrected chi connectivity index (χ2v) is 4.57. The topological polar surface area (TPSA) is 45.6 Å². The van der Waals surface area contributed by atoms with Gasteiger partial charge in [0.2, 0.25) is 5.88 Å². The standard InChI is InChI=1S/C13H20N2O2/c1-15(10-6-3-4-7-11(10)16)12-8-5-9-13(14-12)17-2/h5,8-11,16H,3-4,6-7H2,1-2H3. The van der Waals surface area contributed by atoms with E-state index in [1.165, 1.54) is 6.42 Å². The maximum atomic E-state index is 10.0. The molecule has 1 aliphatic rings. The molecule has 0 amide bonds. The van der Waals surface area contributed by atoms with E-state index in [1.807, 2.05) is 25.2 Å². The summed E-state index contributed by atoms with van der Waals surface area (Å²) in [6, 6.07) is 5.87. The van der Waals surface area contributed by atoms with E-state index in [-0.39, 0.29) is 12.1 Å². The van der Waals surface area contributed by atoms with E-state index >= 15 is 0 Å². The molecule has 4 heteroatoms. The third kappa shape index (κ3) is 2.69. The van der Waals surface area contributed by atoms with Crippen LogP contribution in [0.15, 0.2) is 18.2 Å². The Morgan fingerprint density at radius 1 is 1.35 bits per heavy atom. The Bertz CT molecular complexity index is 370. The van der Waals surface area contributed by atoms with Crippen molar-refractivity contribution in [3.05, 3.63) is 18.2 Å². The molecule has 2 rings (SSSR count). The number of aliphatic hydroxyl groups excluding tert-OH is 1. The first-order valence-corrected chi connectivity index (χ1v) is 6.14. The second kappa shape index (κ2) is 5.36. The Kier molecular flexibility index (Phi) is 3.84. The Hall–Kier alpha value is -1.29. The van der Waals surface area contributed by atoms with Gasteiger partial charge in [0.1, 0.15) is 5.82 Å². The lowest BCUT2D eigenvalue weighted by Crippen LogP contribution is -2.43. The van der Waals surface area contributed by atoms with Crippen LogP contribution in [0.25, 0.3) is 0 Å². The van der Waals surface area contributed by atoms with Gasteiger partial charge >= 0.3 is 0 Å². The normalized spacial score (nSPS) is 24.4. The highest BCUT2D eigenvalue weighted by Crippen LogP contribution is 2.26. The first kappa shape index (κ1) is 12.2. The van der Waals surface area contributed by atoms with Crippen molar-refractivity contribution in [3.8, 4) is 5.88 Å². The zero-order valence-corrected chi connectivity index (χ0v) is 10.5. The van der Waals surface area contributed by atoms with Crippen LogP contribution in [0.4, 0.5) is 5.82 Å². The van der Waals surface area contributed by atoms with Gasteiger partial charge in [0.15, 0.2) is 0 Å². The number of hydrogen-bond acceptors (Lipinski definition) is 4. The molecule has 0 aromatic carbocycles. The maximum Gasteiger partial charge on any atom is 0.214 e. The number of nitrogens with zero attached hydrogens (tertiary/aromatic N) is 2. The van der Waals surface area contributed by atoms with Crippen molar-refractivity contribution < 1.29 is 9.84 Å². The number of aromatic nitrogens is 1. The highest BCUT2D eigenvalue weighted by atomic mass is 16.5. The van der Waals surface area contributed by atoms with Crippen molar-refractivity contribution in [2.24, 2.45) is 0 Å². The molecule has 1 N–H and O–H groups in total. The van der Waals surface area contributed by atoms with Gasteiger partial charge in [-0.3, -0.25) is 0 Å². The number of hydrogen-bond donors (Lipinski definition) is 1. The predicted molar refractivity (Wildman–Crippen MR) is 67.5 cm³/mol. The molecule has 2 atom stereocenters. The number of rotatable bonds is 3. The van der Waals surface area contributed by atoms with Crippen molar-refractivity contribution in [2.45, 2.75) is 37.8 Å². The van der Waals surface area contributed by atoms with Gasteiger partial charge in [0.05, 0.1) is 19.3 Å². The highest BCUT2D eigenvalue weighted by molar-refractivity contribution is 5.41. The number of ether oxygens (including phenoxy) is 1. The number of likely N-dealkylation sites (N-methyl/N-ethyl adjacent to an activating group) is 1. The van der Waals surface area contributed by atoms with Crippen molar-refractivity contribution in [2.75, 3.05) is 19.1 Å². The van der Waals surface area contributed by atoms with Crippen LogP contribution in [-0.4, -0.2) is 36.4 Å². The molecule has 0 spiro atoms. The minimum Gasteiger partial charge on any atom is -0.481 e. The van der Waals surface area contributed by atoms with E-state index in [0.717, 1.165) is 25.1 Å². The van der Waals surface area contributed by atoms with Crippen LogP contribution in [0.2, 0.25) is 0 Å². The van der Waals surface area contributed by atoms with E-state index in [1.54, 1.807) is 7.11 Å². The fraction of sp³-hybridized carbons (Fsp3) is 0.615. The van der Waals surface area contributed by atoms with Gasteiger partial charge in [-0.25, -0.2) is 0 Å². The van der Waals surface area contributed by atoms with Gasteiger partial charge in [0.25, 0.3) is 0 Å². The van der Waals surface area contributed by atoms with Gasteiger partial charge in [-0.1, -0.05) is 18.9 Å². The van der Waals surface area contributed by atoms with E-state index in [4.69, 9.17) is 4.74 Å². The molecule has 0 bridgehead atoms. The Morgan fingerprint density at radius 3 is 2.82 bits per heavy atom. The summed E-state index contributed by atoms with van der Waals surface area (Å²) in [5.41, 5.74) is 0. The Balaban J connectivity index is 2.14. The molecule has 0 radical (unpaired) electrons. The number of anilines is 1. The van der Waals surface area contributed by atoms with Crippen molar-refractivity contribution in [1.82, 2.24) is 4.98 Å². The zero-order chi connectivity index (χ0) is 12.3. The van der Waals surface area contributed by atoms with Gasteiger partial charge < -0.3 is 14.7 Å². The van der Waals surface area contributed by atoms with Crippen LogP contribution in [0, 0.1) is 0 Å². The van der Waals surface area contributed by atoms with Crippen LogP contribution in [0.5, 0.6) is 5.88 Å². The third-order valence-corrected chi connectivity index (χ3v) is 3.47. The monoisotopic (exact) mass is 236 g/mol. The van der Waals surface area contributed by atoms with E-state index < -0.39 is 0 Å². The molecule has 17 heavy (non-hydrogen) atoms. The Morgan fingerprint density at radius 2 is 2.12 bits per heavy atom. The van der Waals surface area contributed by atoms with Crippen LogP contribution in [0.1, 0.15) is 25.7 Å². The molecular formula is C13H20N2O2. The molecule has 1 saturated carbocycles. The summed E-state index contributed by atoms with van der Waals surface area (Å²) >= 11 is 0. The van der Waals surface area contributed by atoms with Gasteiger partial charge in [0, 0.05) is 13.1 Å². The van der Waals surface area contributed by atoms with Crippen molar-refractivity contribution >= 4 is 5.82 Å². The van der Waals surface area contributed by atoms with Gasteiger partial charge in [-0.2, -0.15) is 4.98 Å². The zero-order valence-electron chi connectivity index (χ0n) is 10.5. The second-order valence-electron chi connectivity index (χ2n) is 4.57. The molecule has 1 aromatic rings. The summed E-state index contributed by atoms with van der Waals surface area (Å²) in [6.07, 6.45) is 3.96. The maximum absolute atomic E-state index is 10.0. The molecule has 0 aliphatic heterocycles. The number of pyridine rings is 1. The quantitative estimate of drug-likeness (QED) is 0.869. The van der Waals surface area contributed by atoms with Crippen LogP contribution < -0.4 is 9.64 Å². The molecule has 1 aliphatic carbocycles. The van der Waals surface area contributed by atoms with Crippen LogP contribution in [-0.2, 0) is 0 Å². The molecule has 1 fully saturated rings. The molecule has 0 saturated heterocycles. The fourth-order valence-corrected chi connectivity index (χ4v) is 2.43. The van der Waals surface area contributed by atoms with Crippen molar-refractivity contribution in [3.63, 3.8) is 0 Å². The highest BCUT2D eigenvalue weighted by Gasteiger charge is 2.27. The van der Waals surface area contributed by atoms with Gasteiger partial charge in [-0.15, -0.1) is 0 Å². The van der Waals surface area contributed by atoms with Crippen molar-refractivity contribution in [1.29, 1.82) is 0 Å². The minimum absolute atomic E-state index is 0.170. The molecule has 2 unspecified atom stereocenters. The smallest absolute Gasteiger partial charge is 0.214 e. The van der Waals surface area contributed by atoms with E-state index in [0.29, 0.717) is 5.88 Å².